The van der Waals surface area contributed by atoms with E-state index in [1.807, 2.05) is 36.4 Å². The van der Waals surface area contributed by atoms with Crippen LogP contribution in [0.15, 0.2) is 60.7 Å². The molecule has 0 amide bonds. The van der Waals surface area contributed by atoms with Gasteiger partial charge >= 0.3 is 0 Å². The number of hydrogen-bond donors (Lipinski definition) is 2. The highest BCUT2D eigenvalue weighted by Gasteiger charge is 2.14. The summed E-state index contributed by atoms with van der Waals surface area (Å²) < 4.78 is 33.4. The van der Waals surface area contributed by atoms with E-state index in [4.69, 9.17) is 9.84 Å². The van der Waals surface area contributed by atoms with Gasteiger partial charge in [-0.1, -0.05) is 42.8 Å². The molecule has 0 saturated heterocycles. The van der Waals surface area contributed by atoms with Crippen molar-refractivity contribution < 1.29 is 23.7 Å². The third-order valence-electron chi connectivity index (χ3n) is 4.77. The van der Waals surface area contributed by atoms with Crippen LogP contribution in [0.1, 0.15) is 25.7 Å². The third-order valence-corrected chi connectivity index (χ3v) is 4.77. The second-order valence-electron chi connectivity index (χ2n) is 6.85. The average Bonchev–Trinajstić information content (AvgIpc) is 2.75. The maximum Gasteiger partial charge on any atom is 0.200 e. The number of phenolic OH excluding ortho intramolecular Hbond substituents is 1. The fourth-order valence-electron chi connectivity index (χ4n) is 3.11. The highest BCUT2D eigenvalue weighted by Crippen LogP contribution is 2.31. The SMILES string of the molecule is OCCCCCCOc1ccc(-c2ccc(-c3ccc(O)c(F)c3F)cc2)cc1. The molecular weight excluding hydrogens is 374 g/mol. The molecule has 0 radical (unpaired) electrons. The Morgan fingerprint density at radius 1 is 0.655 bits per heavy atom. The van der Waals surface area contributed by atoms with E-state index in [0.717, 1.165) is 48.6 Å². The van der Waals surface area contributed by atoms with Crippen molar-refractivity contribution in [1.82, 2.24) is 0 Å². The van der Waals surface area contributed by atoms with Crippen LogP contribution in [0.5, 0.6) is 11.5 Å². The normalized spacial score (nSPS) is 10.9. The van der Waals surface area contributed by atoms with Crippen LogP contribution in [0.2, 0.25) is 0 Å². The molecule has 3 aromatic carbocycles. The van der Waals surface area contributed by atoms with Crippen molar-refractivity contribution in [3.63, 3.8) is 0 Å². The topological polar surface area (TPSA) is 49.7 Å². The van der Waals surface area contributed by atoms with E-state index < -0.39 is 17.4 Å². The molecule has 0 unspecified atom stereocenters. The highest BCUT2D eigenvalue weighted by atomic mass is 19.2. The summed E-state index contributed by atoms with van der Waals surface area (Å²) in [4.78, 5) is 0. The fourth-order valence-corrected chi connectivity index (χ4v) is 3.11. The van der Waals surface area contributed by atoms with Crippen LogP contribution in [-0.4, -0.2) is 23.4 Å². The van der Waals surface area contributed by atoms with E-state index in [1.165, 1.54) is 6.07 Å². The summed E-state index contributed by atoms with van der Waals surface area (Å²) in [6.45, 7) is 0.887. The zero-order valence-corrected chi connectivity index (χ0v) is 16.1. The Hall–Kier alpha value is -2.92. The molecule has 0 saturated carbocycles. The Morgan fingerprint density at radius 2 is 1.24 bits per heavy atom. The summed E-state index contributed by atoms with van der Waals surface area (Å²) in [5, 5.41) is 18.0. The number of ether oxygens (including phenoxy) is 1. The molecule has 0 aliphatic rings. The van der Waals surface area contributed by atoms with E-state index in [1.54, 1.807) is 12.1 Å². The summed E-state index contributed by atoms with van der Waals surface area (Å²) in [7, 11) is 0. The van der Waals surface area contributed by atoms with Crippen molar-refractivity contribution in [2.45, 2.75) is 25.7 Å². The smallest absolute Gasteiger partial charge is 0.200 e. The summed E-state index contributed by atoms with van der Waals surface area (Å²) in [6, 6.07) is 17.4. The van der Waals surface area contributed by atoms with Crippen molar-refractivity contribution in [3.05, 3.63) is 72.3 Å². The Labute approximate surface area is 169 Å². The summed E-state index contributed by atoms with van der Waals surface area (Å²) in [6.07, 6.45) is 3.84. The Kier molecular flexibility index (Phi) is 7.19. The molecule has 0 spiro atoms. The van der Waals surface area contributed by atoms with Gasteiger partial charge in [0.2, 0.25) is 5.82 Å². The van der Waals surface area contributed by atoms with Crippen LogP contribution in [0.25, 0.3) is 22.3 Å². The molecule has 0 aromatic heterocycles. The Bertz CT molecular complexity index is 922. The summed E-state index contributed by atoms with van der Waals surface area (Å²) in [5.41, 5.74) is 2.58. The minimum Gasteiger partial charge on any atom is -0.505 e. The largest absolute Gasteiger partial charge is 0.505 e. The first kappa shape index (κ1) is 20.8. The Morgan fingerprint density at radius 3 is 1.90 bits per heavy atom. The number of rotatable bonds is 9. The van der Waals surface area contributed by atoms with Gasteiger partial charge in [-0.3, -0.25) is 0 Å². The van der Waals surface area contributed by atoms with Crippen LogP contribution in [0.3, 0.4) is 0 Å². The summed E-state index contributed by atoms with van der Waals surface area (Å²) >= 11 is 0. The second-order valence-corrected chi connectivity index (χ2v) is 6.85. The molecule has 0 bridgehead atoms. The first-order chi connectivity index (χ1) is 14.1. The van der Waals surface area contributed by atoms with E-state index in [2.05, 4.69) is 0 Å². The molecule has 0 aliphatic heterocycles. The number of unbranched alkanes of at least 4 members (excludes halogenated alkanes) is 3. The fraction of sp³-hybridized carbons (Fsp3) is 0.250. The molecule has 152 valence electrons. The quantitative estimate of drug-likeness (QED) is 0.439. The van der Waals surface area contributed by atoms with Crippen LogP contribution < -0.4 is 4.74 Å². The van der Waals surface area contributed by atoms with Gasteiger partial charge in [0.1, 0.15) is 5.75 Å². The molecule has 0 aliphatic carbocycles. The van der Waals surface area contributed by atoms with Gasteiger partial charge in [-0.15, -0.1) is 0 Å². The minimum atomic E-state index is -1.24. The van der Waals surface area contributed by atoms with Crippen LogP contribution in [0, 0.1) is 11.6 Å². The zero-order valence-electron chi connectivity index (χ0n) is 16.1. The molecule has 3 nitrogen and oxygen atoms in total. The molecular formula is C24H24F2O3. The van der Waals surface area contributed by atoms with E-state index in [0.29, 0.717) is 12.2 Å². The van der Waals surface area contributed by atoms with Crippen molar-refractivity contribution in [1.29, 1.82) is 0 Å². The van der Waals surface area contributed by atoms with Crippen LogP contribution >= 0.6 is 0 Å². The van der Waals surface area contributed by atoms with Gasteiger partial charge < -0.3 is 14.9 Å². The molecule has 0 atom stereocenters. The van der Waals surface area contributed by atoms with Gasteiger partial charge in [0.05, 0.1) is 6.61 Å². The van der Waals surface area contributed by atoms with E-state index in [-0.39, 0.29) is 12.2 Å². The lowest BCUT2D eigenvalue weighted by Gasteiger charge is -2.09. The molecule has 5 heteroatoms. The number of phenols is 1. The molecule has 29 heavy (non-hydrogen) atoms. The molecule has 3 rings (SSSR count). The highest BCUT2D eigenvalue weighted by molar-refractivity contribution is 5.71. The van der Waals surface area contributed by atoms with Crippen molar-refractivity contribution in [2.75, 3.05) is 13.2 Å². The number of aliphatic hydroxyl groups is 1. The van der Waals surface area contributed by atoms with Gasteiger partial charge in [-0.25, -0.2) is 4.39 Å². The maximum absolute atomic E-state index is 14.0. The van der Waals surface area contributed by atoms with Crippen LogP contribution in [-0.2, 0) is 0 Å². The predicted octanol–water partition coefficient (Wildman–Crippen LogP) is 5.94. The van der Waals surface area contributed by atoms with Crippen molar-refractivity contribution >= 4 is 0 Å². The maximum atomic E-state index is 14.0. The first-order valence-corrected chi connectivity index (χ1v) is 9.71. The lowest BCUT2D eigenvalue weighted by molar-refractivity contribution is 0.273. The second kappa shape index (κ2) is 10.0. The number of aliphatic hydroxyl groups excluding tert-OH is 1. The summed E-state index contributed by atoms with van der Waals surface area (Å²) in [5.74, 6) is -2.20. The van der Waals surface area contributed by atoms with Gasteiger partial charge in [0, 0.05) is 12.2 Å². The average molecular weight is 398 g/mol. The monoisotopic (exact) mass is 398 g/mol. The van der Waals surface area contributed by atoms with Gasteiger partial charge in [0.15, 0.2) is 11.6 Å². The minimum absolute atomic E-state index is 0.106. The molecule has 3 aromatic rings. The lowest BCUT2D eigenvalue weighted by atomic mass is 9.99. The molecule has 0 fully saturated rings. The van der Waals surface area contributed by atoms with E-state index in [9.17, 15) is 13.9 Å². The zero-order chi connectivity index (χ0) is 20.6. The number of aromatic hydroxyl groups is 1. The Balaban J connectivity index is 1.62. The van der Waals surface area contributed by atoms with Crippen molar-refractivity contribution in [2.24, 2.45) is 0 Å². The van der Waals surface area contributed by atoms with E-state index >= 15 is 0 Å². The standard InChI is InChI=1S/C24H24F2O3/c25-23-21(13-14-22(28)24(23)26)19-7-5-17(6-8-19)18-9-11-20(12-10-18)29-16-4-2-1-3-15-27/h5-14,27-28H,1-4,15-16H2. The van der Waals surface area contributed by atoms with Gasteiger partial charge in [-0.05, 0) is 60.2 Å². The number of halogens is 2. The molecule has 2 N–H and O–H groups in total. The first-order valence-electron chi connectivity index (χ1n) is 9.71. The number of hydrogen-bond acceptors (Lipinski definition) is 3. The lowest BCUT2D eigenvalue weighted by Crippen LogP contribution is -1.97. The molecule has 0 heterocycles. The van der Waals surface area contributed by atoms with Crippen molar-refractivity contribution in [3.8, 4) is 33.8 Å². The predicted molar refractivity (Wildman–Crippen MR) is 110 cm³/mol. The number of benzene rings is 3. The van der Waals surface area contributed by atoms with Gasteiger partial charge in [-0.2, -0.15) is 4.39 Å². The van der Waals surface area contributed by atoms with Crippen LogP contribution in [0.4, 0.5) is 8.78 Å². The van der Waals surface area contributed by atoms with Gasteiger partial charge in [0.25, 0.3) is 0 Å². The third kappa shape index (κ3) is 5.33.